The third-order valence-electron chi connectivity index (χ3n) is 7.96. The van der Waals surface area contributed by atoms with Gasteiger partial charge in [-0.1, -0.05) is 55.5 Å². The van der Waals surface area contributed by atoms with E-state index in [4.69, 9.17) is 9.47 Å². The predicted octanol–water partition coefficient (Wildman–Crippen LogP) is 5.45. The second kappa shape index (κ2) is 13.6. The summed E-state index contributed by atoms with van der Waals surface area (Å²) in [6.07, 6.45) is 5.08. The number of hydrogen-bond donors (Lipinski definition) is 3. The lowest BCUT2D eigenvalue weighted by Gasteiger charge is -2.19. The largest absolute Gasteiger partial charge is 0.467 e. The minimum atomic E-state index is -1.15. The van der Waals surface area contributed by atoms with Crippen LogP contribution in [0.4, 0.5) is 16.3 Å². The molecule has 46 heavy (non-hydrogen) atoms. The number of rotatable bonds is 10. The molecule has 0 aliphatic heterocycles. The van der Waals surface area contributed by atoms with Gasteiger partial charge in [-0.25, -0.2) is 19.6 Å². The molecule has 0 saturated heterocycles. The van der Waals surface area contributed by atoms with Gasteiger partial charge in [-0.05, 0) is 75.0 Å². The van der Waals surface area contributed by atoms with Gasteiger partial charge in [0.15, 0.2) is 11.5 Å². The number of halogens is 1. The van der Waals surface area contributed by atoms with E-state index < -0.39 is 24.0 Å². The van der Waals surface area contributed by atoms with Crippen molar-refractivity contribution >= 4 is 57.7 Å². The Kier molecular flexibility index (Phi) is 9.15. The van der Waals surface area contributed by atoms with E-state index in [1.54, 1.807) is 24.5 Å². The highest BCUT2D eigenvalue weighted by Crippen LogP contribution is 2.44. The summed E-state index contributed by atoms with van der Waals surface area (Å²) in [5.41, 5.74) is 7.03. The van der Waals surface area contributed by atoms with Gasteiger partial charge >= 0.3 is 12.1 Å². The van der Waals surface area contributed by atoms with Gasteiger partial charge in [-0.15, -0.1) is 0 Å². The van der Waals surface area contributed by atoms with Crippen molar-refractivity contribution in [2.75, 3.05) is 25.6 Å². The molecule has 0 saturated carbocycles. The zero-order valence-electron chi connectivity index (χ0n) is 25.1. The topological polar surface area (TPSA) is 136 Å². The summed E-state index contributed by atoms with van der Waals surface area (Å²) >= 11 is 2.20. The number of carbonyl (C=O) groups is 3. The van der Waals surface area contributed by atoms with Crippen molar-refractivity contribution in [2.45, 2.75) is 25.3 Å². The van der Waals surface area contributed by atoms with E-state index in [1.807, 2.05) is 60.0 Å². The van der Waals surface area contributed by atoms with Crippen molar-refractivity contribution in [3.63, 3.8) is 0 Å². The third kappa shape index (κ3) is 6.25. The Labute approximate surface area is 278 Å². The van der Waals surface area contributed by atoms with Gasteiger partial charge in [0.25, 0.3) is 5.91 Å². The monoisotopic (exact) mass is 730 g/mol. The molecule has 234 valence electrons. The number of ether oxygens (including phenoxy) is 2. The molecule has 2 heterocycles. The highest BCUT2D eigenvalue weighted by Gasteiger charge is 2.30. The number of fused-ring (bicyclic) bond motifs is 4. The van der Waals surface area contributed by atoms with Crippen LogP contribution in [0.1, 0.15) is 39.9 Å². The normalized spacial score (nSPS) is 12.6. The van der Waals surface area contributed by atoms with Crippen molar-refractivity contribution in [2.24, 2.45) is 0 Å². The second-order valence-electron chi connectivity index (χ2n) is 10.7. The smallest absolute Gasteiger partial charge is 0.407 e. The first-order valence-corrected chi connectivity index (χ1v) is 15.8. The van der Waals surface area contributed by atoms with E-state index in [-0.39, 0.29) is 19.1 Å². The van der Waals surface area contributed by atoms with Gasteiger partial charge in [0.2, 0.25) is 0 Å². The van der Waals surface area contributed by atoms with Crippen LogP contribution in [0.15, 0.2) is 85.3 Å². The van der Waals surface area contributed by atoms with Crippen LogP contribution in [0.3, 0.4) is 0 Å². The lowest BCUT2D eigenvalue weighted by Crippen LogP contribution is -2.49. The van der Waals surface area contributed by atoms with Crippen LogP contribution in [0.25, 0.3) is 16.8 Å². The number of amides is 2. The van der Waals surface area contributed by atoms with Crippen molar-refractivity contribution in [3.8, 4) is 11.1 Å². The van der Waals surface area contributed by atoms with Crippen molar-refractivity contribution < 1.29 is 23.9 Å². The molecule has 1 atom stereocenters. The molecule has 2 aromatic heterocycles. The number of aryl methyl sites for hydroxylation is 1. The van der Waals surface area contributed by atoms with Crippen LogP contribution in [0.2, 0.25) is 0 Å². The molecule has 1 aliphatic rings. The van der Waals surface area contributed by atoms with Gasteiger partial charge in [0.05, 0.1) is 13.3 Å². The number of methoxy groups -OCH3 is 1. The molecule has 0 radical (unpaired) electrons. The fourth-order valence-electron chi connectivity index (χ4n) is 5.71. The Morgan fingerprint density at radius 1 is 1.00 bits per heavy atom. The average molecular weight is 731 g/mol. The lowest BCUT2D eigenvalue weighted by atomic mass is 9.98. The van der Waals surface area contributed by atoms with E-state index in [1.165, 1.54) is 7.11 Å². The zero-order chi connectivity index (χ0) is 32.2. The number of aromatic nitrogens is 3. The summed E-state index contributed by atoms with van der Waals surface area (Å²) in [4.78, 5) is 47.5. The molecule has 5 aromatic rings. The van der Waals surface area contributed by atoms with Crippen LogP contribution >= 0.6 is 22.6 Å². The second-order valence-corrected chi connectivity index (χ2v) is 11.8. The molecule has 3 N–H and O–H groups in total. The number of carbonyl (C=O) groups excluding carboxylic acids is 3. The molecule has 0 bridgehead atoms. The van der Waals surface area contributed by atoms with Crippen LogP contribution < -0.4 is 16.0 Å². The number of alkyl carbamates (subject to hydrolysis) is 1. The zero-order valence-corrected chi connectivity index (χ0v) is 27.3. The van der Waals surface area contributed by atoms with Crippen LogP contribution in [0.5, 0.6) is 0 Å². The molecule has 11 nitrogen and oxygen atoms in total. The van der Waals surface area contributed by atoms with Crippen LogP contribution in [0, 0.1) is 3.70 Å². The molecule has 0 fully saturated rings. The average Bonchev–Trinajstić information content (AvgIpc) is 3.63. The Balaban J connectivity index is 1.09. The van der Waals surface area contributed by atoms with E-state index in [2.05, 4.69) is 60.6 Å². The first-order valence-electron chi connectivity index (χ1n) is 14.7. The number of nitrogens with zero attached hydrogens (tertiary/aromatic N) is 3. The summed E-state index contributed by atoms with van der Waals surface area (Å²) < 4.78 is 13.4. The maximum atomic E-state index is 13.3. The van der Waals surface area contributed by atoms with Gasteiger partial charge in [0, 0.05) is 36.1 Å². The summed E-state index contributed by atoms with van der Waals surface area (Å²) in [6, 6.07) is 20.3. The van der Waals surface area contributed by atoms with E-state index in [9.17, 15) is 14.4 Å². The molecule has 0 spiro atoms. The standard InChI is InChI=1S/C34H31IN6O5/c1-3-20-16-21(39-30-31-37-18-29(35)41(31)15-14-36-30)12-13-22(20)32(42)38-17-28(33(43)45-2)40-34(44)46-19-27-25-10-6-4-8-23(25)24-9-5-7-11-26(24)27/h4-16,18,27-28H,3,17,19H2,1-2H3,(H,36,39)(H,38,42)(H,40,44)/t28-/m1/s1. The summed E-state index contributed by atoms with van der Waals surface area (Å²) in [7, 11) is 1.22. The molecular formula is C34H31IN6O5. The lowest BCUT2D eigenvalue weighted by molar-refractivity contribution is -0.142. The number of anilines is 2. The van der Waals surface area contributed by atoms with Gasteiger partial charge in [-0.3, -0.25) is 9.20 Å². The maximum absolute atomic E-state index is 13.3. The molecule has 0 unspecified atom stereocenters. The number of esters is 1. The fraction of sp³-hybridized carbons (Fsp3) is 0.206. The Morgan fingerprint density at radius 2 is 1.72 bits per heavy atom. The number of benzene rings is 3. The maximum Gasteiger partial charge on any atom is 0.407 e. The molecule has 2 amide bonds. The molecule has 1 aliphatic carbocycles. The molecule has 3 aromatic carbocycles. The molecule has 6 rings (SSSR count). The van der Waals surface area contributed by atoms with Crippen LogP contribution in [-0.2, 0) is 20.7 Å². The van der Waals surface area contributed by atoms with Gasteiger partial charge < -0.3 is 25.4 Å². The first-order chi connectivity index (χ1) is 22.4. The van der Waals surface area contributed by atoms with Crippen molar-refractivity contribution in [1.29, 1.82) is 0 Å². The summed E-state index contributed by atoms with van der Waals surface area (Å²) in [5, 5.41) is 8.60. The van der Waals surface area contributed by atoms with E-state index >= 15 is 0 Å². The third-order valence-corrected chi connectivity index (χ3v) is 8.76. The van der Waals surface area contributed by atoms with Crippen molar-refractivity contribution in [3.05, 3.63) is 111 Å². The number of imidazole rings is 1. The first kappa shape index (κ1) is 31.0. The van der Waals surface area contributed by atoms with E-state index in [0.29, 0.717) is 23.4 Å². The predicted molar refractivity (Wildman–Crippen MR) is 181 cm³/mol. The van der Waals surface area contributed by atoms with Gasteiger partial charge in [0.1, 0.15) is 16.3 Å². The Hall–Kier alpha value is -4.98. The SMILES string of the molecule is CCc1cc(Nc2nccn3c(I)cnc23)ccc1C(=O)NC[C@@H](NC(=O)OCC1c2ccccc2-c2ccccc21)C(=O)OC. The highest BCUT2D eigenvalue weighted by atomic mass is 127. The quantitative estimate of drug-likeness (QED) is 0.128. The van der Waals surface area contributed by atoms with Crippen LogP contribution in [-0.4, -0.2) is 58.6 Å². The minimum Gasteiger partial charge on any atom is -0.467 e. The fourth-order valence-corrected chi connectivity index (χ4v) is 6.24. The minimum absolute atomic E-state index is 0.0875. The number of hydrogen-bond acceptors (Lipinski definition) is 8. The molecule has 12 heteroatoms. The van der Waals surface area contributed by atoms with Crippen molar-refractivity contribution in [1.82, 2.24) is 25.0 Å². The Morgan fingerprint density at radius 3 is 2.41 bits per heavy atom. The summed E-state index contributed by atoms with van der Waals surface area (Å²) in [5.74, 6) is -0.648. The molecular weight excluding hydrogens is 699 g/mol. The van der Waals surface area contributed by atoms with Gasteiger partial charge in [-0.2, -0.15) is 0 Å². The highest BCUT2D eigenvalue weighted by molar-refractivity contribution is 14.1. The Bertz CT molecular complexity index is 1900. The summed E-state index contributed by atoms with van der Waals surface area (Å²) in [6.45, 7) is 1.84. The van der Waals surface area contributed by atoms with E-state index in [0.717, 1.165) is 37.2 Å². The number of nitrogens with one attached hydrogen (secondary N) is 3.